The molecule has 3 heteroatoms. The second-order valence-electron chi connectivity index (χ2n) is 5.14. The first-order chi connectivity index (χ1) is 8.74. The number of halogens is 2. The van der Waals surface area contributed by atoms with E-state index in [0.29, 0.717) is 11.5 Å². The van der Waals surface area contributed by atoms with Gasteiger partial charge in [-0.05, 0) is 56.3 Å². The Morgan fingerprint density at radius 1 is 1.22 bits per heavy atom. The SMILES string of the molecule is CCCNCC1CCCC1c1c(F)cccc1F. The van der Waals surface area contributed by atoms with Gasteiger partial charge in [0.05, 0.1) is 0 Å². The first-order valence-corrected chi connectivity index (χ1v) is 6.88. The van der Waals surface area contributed by atoms with Crippen molar-refractivity contribution in [2.45, 2.75) is 38.5 Å². The molecule has 0 spiro atoms. The number of hydrogen-bond donors (Lipinski definition) is 1. The van der Waals surface area contributed by atoms with Gasteiger partial charge in [0.15, 0.2) is 0 Å². The smallest absolute Gasteiger partial charge is 0.129 e. The number of benzene rings is 1. The largest absolute Gasteiger partial charge is 0.316 e. The van der Waals surface area contributed by atoms with E-state index in [2.05, 4.69) is 12.2 Å². The minimum absolute atomic E-state index is 0.0376. The Kier molecular flexibility index (Phi) is 4.70. The van der Waals surface area contributed by atoms with Crippen LogP contribution in [-0.2, 0) is 0 Å². The molecule has 100 valence electrons. The van der Waals surface area contributed by atoms with Crippen molar-refractivity contribution in [1.29, 1.82) is 0 Å². The molecule has 0 radical (unpaired) electrons. The number of nitrogens with one attached hydrogen (secondary N) is 1. The van der Waals surface area contributed by atoms with E-state index in [-0.39, 0.29) is 17.6 Å². The van der Waals surface area contributed by atoms with Crippen molar-refractivity contribution < 1.29 is 8.78 Å². The Hall–Kier alpha value is -0.960. The van der Waals surface area contributed by atoms with Gasteiger partial charge in [-0.15, -0.1) is 0 Å². The fourth-order valence-corrected chi connectivity index (χ4v) is 2.99. The molecule has 1 aromatic rings. The zero-order valence-electron chi connectivity index (χ0n) is 10.9. The summed E-state index contributed by atoms with van der Waals surface area (Å²) in [5.41, 5.74) is 0.304. The van der Waals surface area contributed by atoms with Crippen LogP contribution in [0.3, 0.4) is 0 Å². The molecule has 1 N–H and O–H groups in total. The van der Waals surface area contributed by atoms with Crippen LogP contribution in [0.2, 0.25) is 0 Å². The summed E-state index contributed by atoms with van der Waals surface area (Å²) in [7, 11) is 0. The summed E-state index contributed by atoms with van der Waals surface area (Å²) in [5, 5.41) is 3.37. The zero-order chi connectivity index (χ0) is 13.0. The third-order valence-electron chi connectivity index (χ3n) is 3.86. The van der Waals surface area contributed by atoms with Crippen molar-refractivity contribution in [2.75, 3.05) is 13.1 Å². The molecule has 0 saturated heterocycles. The van der Waals surface area contributed by atoms with Gasteiger partial charge in [-0.1, -0.05) is 19.4 Å². The van der Waals surface area contributed by atoms with E-state index < -0.39 is 0 Å². The second-order valence-corrected chi connectivity index (χ2v) is 5.14. The van der Waals surface area contributed by atoms with Crippen LogP contribution < -0.4 is 5.32 Å². The average molecular weight is 253 g/mol. The third-order valence-corrected chi connectivity index (χ3v) is 3.86. The molecule has 0 bridgehead atoms. The lowest BCUT2D eigenvalue weighted by Crippen LogP contribution is -2.25. The molecule has 18 heavy (non-hydrogen) atoms. The molecule has 0 amide bonds. The summed E-state index contributed by atoms with van der Waals surface area (Å²) in [6.07, 6.45) is 4.12. The van der Waals surface area contributed by atoms with E-state index in [1.807, 2.05) is 0 Å². The van der Waals surface area contributed by atoms with E-state index in [9.17, 15) is 8.78 Å². The maximum Gasteiger partial charge on any atom is 0.129 e. The highest BCUT2D eigenvalue weighted by molar-refractivity contribution is 5.25. The summed E-state index contributed by atoms with van der Waals surface area (Å²) in [6.45, 7) is 3.96. The minimum Gasteiger partial charge on any atom is -0.316 e. The highest BCUT2D eigenvalue weighted by Crippen LogP contribution is 2.41. The fourth-order valence-electron chi connectivity index (χ4n) is 2.99. The van der Waals surface area contributed by atoms with Crippen LogP contribution in [0.5, 0.6) is 0 Å². The predicted molar refractivity (Wildman–Crippen MR) is 69.6 cm³/mol. The number of hydrogen-bond acceptors (Lipinski definition) is 1. The Balaban J connectivity index is 2.11. The Morgan fingerprint density at radius 2 is 1.94 bits per heavy atom. The summed E-state index contributed by atoms with van der Waals surface area (Å²) < 4.78 is 27.6. The van der Waals surface area contributed by atoms with E-state index in [0.717, 1.165) is 38.8 Å². The molecule has 1 nitrogen and oxygen atoms in total. The van der Waals surface area contributed by atoms with Gasteiger partial charge in [-0.25, -0.2) is 8.78 Å². The Labute approximate surface area is 108 Å². The van der Waals surface area contributed by atoms with Crippen LogP contribution in [0.4, 0.5) is 8.78 Å². The van der Waals surface area contributed by atoms with E-state index in [1.54, 1.807) is 0 Å². The van der Waals surface area contributed by atoms with Gasteiger partial charge in [0, 0.05) is 5.56 Å². The average Bonchev–Trinajstić information content (AvgIpc) is 2.78. The number of rotatable bonds is 5. The lowest BCUT2D eigenvalue weighted by Gasteiger charge is -2.21. The summed E-state index contributed by atoms with van der Waals surface area (Å²) in [4.78, 5) is 0. The van der Waals surface area contributed by atoms with Crippen molar-refractivity contribution in [3.63, 3.8) is 0 Å². The third kappa shape index (κ3) is 2.89. The topological polar surface area (TPSA) is 12.0 Å². The maximum atomic E-state index is 13.8. The van der Waals surface area contributed by atoms with Crippen molar-refractivity contribution in [3.05, 3.63) is 35.4 Å². The monoisotopic (exact) mass is 253 g/mol. The van der Waals surface area contributed by atoms with Gasteiger partial charge in [0.25, 0.3) is 0 Å². The Bertz CT molecular complexity index is 372. The van der Waals surface area contributed by atoms with Crippen LogP contribution in [0.15, 0.2) is 18.2 Å². The highest BCUT2D eigenvalue weighted by Gasteiger charge is 2.31. The molecule has 2 unspecified atom stereocenters. The molecule has 0 aliphatic heterocycles. The second kappa shape index (κ2) is 6.28. The highest BCUT2D eigenvalue weighted by atomic mass is 19.1. The molecular weight excluding hydrogens is 232 g/mol. The molecule has 0 heterocycles. The van der Waals surface area contributed by atoms with E-state index >= 15 is 0 Å². The van der Waals surface area contributed by atoms with Gasteiger partial charge in [-0.2, -0.15) is 0 Å². The van der Waals surface area contributed by atoms with Crippen molar-refractivity contribution in [2.24, 2.45) is 5.92 Å². The normalized spacial score (nSPS) is 23.5. The van der Waals surface area contributed by atoms with Gasteiger partial charge >= 0.3 is 0 Å². The van der Waals surface area contributed by atoms with Crippen LogP contribution >= 0.6 is 0 Å². The van der Waals surface area contributed by atoms with E-state index in [4.69, 9.17) is 0 Å². The van der Waals surface area contributed by atoms with Crippen LogP contribution in [0.25, 0.3) is 0 Å². The molecule has 1 aliphatic rings. The minimum atomic E-state index is -0.387. The van der Waals surface area contributed by atoms with Gasteiger partial charge in [-0.3, -0.25) is 0 Å². The summed E-state index contributed by atoms with van der Waals surface area (Å²) in [5.74, 6) is -0.372. The van der Waals surface area contributed by atoms with Crippen LogP contribution in [-0.4, -0.2) is 13.1 Å². The lowest BCUT2D eigenvalue weighted by atomic mass is 9.88. The molecule has 1 fully saturated rings. The molecule has 0 aromatic heterocycles. The van der Waals surface area contributed by atoms with Crippen LogP contribution in [0, 0.1) is 17.6 Å². The van der Waals surface area contributed by atoms with Crippen molar-refractivity contribution in [1.82, 2.24) is 5.32 Å². The van der Waals surface area contributed by atoms with Crippen molar-refractivity contribution >= 4 is 0 Å². The first-order valence-electron chi connectivity index (χ1n) is 6.88. The molecule has 1 aliphatic carbocycles. The van der Waals surface area contributed by atoms with Crippen molar-refractivity contribution in [3.8, 4) is 0 Å². The first kappa shape index (κ1) is 13.5. The lowest BCUT2D eigenvalue weighted by molar-refractivity contribution is 0.417. The molecule has 2 rings (SSSR count). The summed E-state index contributed by atoms with van der Waals surface area (Å²) >= 11 is 0. The quantitative estimate of drug-likeness (QED) is 0.786. The van der Waals surface area contributed by atoms with Gasteiger partial charge in [0.1, 0.15) is 11.6 Å². The molecule has 1 aromatic carbocycles. The molecular formula is C15H21F2N. The molecule has 1 saturated carbocycles. The van der Waals surface area contributed by atoms with E-state index in [1.165, 1.54) is 18.2 Å². The zero-order valence-corrected chi connectivity index (χ0v) is 10.9. The Morgan fingerprint density at radius 3 is 2.61 bits per heavy atom. The predicted octanol–water partition coefficient (Wildman–Crippen LogP) is 3.85. The molecule has 2 atom stereocenters. The van der Waals surface area contributed by atoms with Crippen LogP contribution in [0.1, 0.15) is 44.1 Å². The summed E-state index contributed by atoms with van der Waals surface area (Å²) in [6, 6.07) is 4.17. The maximum absolute atomic E-state index is 13.8. The standard InChI is InChI=1S/C15H21F2N/c1-2-9-18-10-11-5-3-6-12(11)15-13(16)7-4-8-14(15)17/h4,7-8,11-12,18H,2-3,5-6,9-10H2,1H3. The van der Waals surface area contributed by atoms with Gasteiger partial charge < -0.3 is 5.32 Å². The fraction of sp³-hybridized carbons (Fsp3) is 0.600. The van der Waals surface area contributed by atoms with Gasteiger partial charge in [0.2, 0.25) is 0 Å².